The Morgan fingerprint density at radius 2 is 1.92 bits per heavy atom. The Morgan fingerprint density at radius 3 is 2.60 bits per heavy atom. The number of nitrogens with zero attached hydrogens (tertiary/aromatic N) is 3. The highest BCUT2D eigenvalue weighted by Gasteiger charge is 2.11. The number of H-pyrrole nitrogens is 1. The molecule has 0 saturated carbocycles. The molecule has 3 aromatic rings. The average Bonchev–Trinajstić information content (AvgIpc) is 2.62. The van der Waals surface area contributed by atoms with Crippen LogP contribution in [-0.2, 0) is 6.42 Å². The van der Waals surface area contributed by atoms with Gasteiger partial charge >= 0.3 is 5.69 Å². The zero-order valence-electron chi connectivity index (χ0n) is 14.4. The first-order valence-electron chi connectivity index (χ1n) is 8.49. The van der Waals surface area contributed by atoms with E-state index in [1.54, 1.807) is 12.1 Å². The lowest BCUT2D eigenvalue weighted by Crippen LogP contribution is -2.34. The number of nitrogens with one attached hydrogen (secondary N) is 2. The molecule has 1 aromatic carbocycles. The fourth-order valence-corrected chi connectivity index (χ4v) is 2.58. The fraction of sp³-hybridized carbons (Fsp3) is 0.333. The highest BCUT2D eigenvalue weighted by atomic mass is 16.2. The largest absolute Gasteiger partial charge is 0.354 e. The van der Waals surface area contributed by atoms with Crippen molar-refractivity contribution in [1.82, 2.24) is 19.5 Å². The molecule has 3 rings (SSSR count). The molecule has 0 unspecified atom stereocenters. The van der Waals surface area contributed by atoms with Gasteiger partial charge in [-0.25, -0.2) is 14.3 Å². The zero-order valence-corrected chi connectivity index (χ0v) is 14.4. The predicted molar refractivity (Wildman–Crippen MR) is 98.5 cm³/mol. The van der Waals surface area contributed by atoms with Gasteiger partial charge < -0.3 is 5.32 Å². The minimum Gasteiger partial charge on any atom is -0.354 e. The lowest BCUT2D eigenvalue weighted by atomic mass is 10.1. The molecular weight excluding hydrogens is 318 g/mol. The van der Waals surface area contributed by atoms with Crippen molar-refractivity contribution in [3.05, 3.63) is 56.9 Å². The minimum atomic E-state index is -0.514. The molecule has 130 valence electrons. The molecule has 25 heavy (non-hydrogen) atoms. The van der Waals surface area contributed by atoms with Crippen LogP contribution in [0.2, 0.25) is 0 Å². The maximum atomic E-state index is 12.7. The van der Waals surface area contributed by atoms with Crippen molar-refractivity contribution in [2.75, 3.05) is 11.9 Å². The van der Waals surface area contributed by atoms with Crippen molar-refractivity contribution in [2.24, 2.45) is 0 Å². The van der Waals surface area contributed by atoms with Gasteiger partial charge in [-0.3, -0.25) is 9.78 Å². The molecule has 0 aliphatic rings. The van der Waals surface area contributed by atoms with Gasteiger partial charge in [0, 0.05) is 12.7 Å². The highest BCUT2D eigenvalue weighted by molar-refractivity contribution is 5.73. The molecule has 0 fully saturated rings. The number of anilines is 1. The fourth-order valence-electron chi connectivity index (χ4n) is 2.58. The minimum absolute atomic E-state index is 0.241. The van der Waals surface area contributed by atoms with Crippen molar-refractivity contribution < 1.29 is 0 Å². The van der Waals surface area contributed by atoms with Crippen LogP contribution in [0, 0.1) is 0 Å². The van der Waals surface area contributed by atoms with Gasteiger partial charge in [-0.05, 0) is 30.5 Å². The molecule has 7 nitrogen and oxygen atoms in total. The van der Waals surface area contributed by atoms with Crippen LogP contribution in [0.3, 0.4) is 0 Å². The van der Waals surface area contributed by atoms with Crippen LogP contribution in [0.1, 0.15) is 32.3 Å². The van der Waals surface area contributed by atoms with E-state index in [0.717, 1.165) is 35.9 Å². The summed E-state index contributed by atoms with van der Waals surface area (Å²) in [4.78, 5) is 36.2. The number of aryl methyl sites for hydroxylation is 1. The molecule has 2 heterocycles. The average molecular weight is 339 g/mol. The van der Waals surface area contributed by atoms with Gasteiger partial charge in [0.1, 0.15) is 5.39 Å². The van der Waals surface area contributed by atoms with Crippen LogP contribution in [0.25, 0.3) is 16.7 Å². The Morgan fingerprint density at radius 1 is 1.16 bits per heavy atom. The molecule has 7 heteroatoms. The van der Waals surface area contributed by atoms with Gasteiger partial charge in [-0.1, -0.05) is 32.4 Å². The molecule has 2 N–H and O–H groups in total. The van der Waals surface area contributed by atoms with E-state index in [4.69, 9.17) is 0 Å². The van der Waals surface area contributed by atoms with Gasteiger partial charge in [0.05, 0.1) is 5.69 Å². The Balaban J connectivity index is 2.05. The van der Waals surface area contributed by atoms with E-state index in [-0.39, 0.29) is 11.0 Å². The Kier molecular flexibility index (Phi) is 4.92. The van der Waals surface area contributed by atoms with Crippen LogP contribution in [0.5, 0.6) is 0 Å². The van der Waals surface area contributed by atoms with Gasteiger partial charge in [-0.15, -0.1) is 0 Å². The van der Waals surface area contributed by atoms with E-state index >= 15 is 0 Å². The molecule has 0 atom stereocenters. The predicted octanol–water partition coefficient (Wildman–Crippen LogP) is 2.24. The molecule has 0 aliphatic carbocycles. The molecule has 0 aliphatic heterocycles. The van der Waals surface area contributed by atoms with Crippen molar-refractivity contribution in [3.8, 4) is 5.69 Å². The summed E-state index contributed by atoms with van der Waals surface area (Å²) < 4.78 is 1.11. The van der Waals surface area contributed by atoms with E-state index in [1.165, 1.54) is 6.20 Å². The van der Waals surface area contributed by atoms with Gasteiger partial charge in [-0.2, -0.15) is 4.98 Å². The summed E-state index contributed by atoms with van der Waals surface area (Å²) in [6, 6.07) is 7.34. The van der Waals surface area contributed by atoms with E-state index < -0.39 is 11.2 Å². The third kappa shape index (κ3) is 3.45. The summed E-state index contributed by atoms with van der Waals surface area (Å²) in [6.45, 7) is 4.89. The molecule has 2 aromatic heterocycles. The Labute approximate surface area is 144 Å². The lowest BCUT2D eigenvalue weighted by molar-refractivity contribution is 0.826. The normalized spacial score (nSPS) is 11.0. The maximum absolute atomic E-state index is 12.7. The molecule has 0 bridgehead atoms. The number of aromatic nitrogens is 4. The second kappa shape index (κ2) is 7.29. The Bertz CT molecular complexity index is 989. The molecule has 0 amide bonds. The third-order valence-corrected chi connectivity index (χ3v) is 4.07. The zero-order chi connectivity index (χ0) is 17.8. The summed E-state index contributed by atoms with van der Waals surface area (Å²) in [7, 11) is 0. The van der Waals surface area contributed by atoms with Crippen LogP contribution >= 0.6 is 0 Å². The van der Waals surface area contributed by atoms with Crippen LogP contribution in [0.15, 0.2) is 40.1 Å². The summed E-state index contributed by atoms with van der Waals surface area (Å²) in [5.74, 6) is 0.404. The number of aromatic amines is 1. The third-order valence-electron chi connectivity index (χ3n) is 4.07. The molecule has 0 radical (unpaired) electrons. The number of unbranched alkanes of at least 4 members (excludes halogenated alkanes) is 1. The standard InChI is InChI=1S/C18H21N5O2/c1-3-5-10-19-17-20-11-14-15(21-17)22-18(25)23(16(14)24)13-8-6-12(4-2)7-9-13/h6-9,11H,3-5,10H2,1-2H3,(H2,19,20,21,22,25). The van der Waals surface area contributed by atoms with Crippen LogP contribution in [-0.4, -0.2) is 26.1 Å². The second-order valence-electron chi connectivity index (χ2n) is 5.83. The molecule has 0 saturated heterocycles. The number of benzene rings is 1. The van der Waals surface area contributed by atoms with Crippen LogP contribution in [0.4, 0.5) is 5.95 Å². The monoisotopic (exact) mass is 339 g/mol. The van der Waals surface area contributed by atoms with Crippen molar-refractivity contribution in [2.45, 2.75) is 33.1 Å². The number of hydrogen-bond acceptors (Lipinski definition) is 5. The topological polar surface area (TPSA) is 92.7 Å². The van der Waals surface area contributed by atoms with E-state index in [1.807, 2.05) is 19.1 Å². The number of fused-ring (bicyclic) bond motifs is 1. The summed E-state index contributed by atoms with van der Waals surface area (Å²) in [5.41, 5.74) is 0.962. The first kappa shape index (κ1) is 16.9. The summed E-state index contributed by atoms with van der Waals surface area (Å²) >= 11 is 0. The van der Waals surface area contributed by atoms with Crippen molar-refractivity contribution in [1.29, 1.82) is 0 Å². The van der Waals surface area contributed by atoms with E-state index in [0.29, 0.717) is 11.6 Å². The Hall–Kier alpha value is -2.96. The smallest absolute Gasteiger partial charge is 0.334 e. The van der Waals surface area contributed by atoms with Crippen molar-refractivity contribution in [3.63, 3.8) is 0 Å². The van der Waals surface area contributed by atoms with E-state index in [9.17, 15) is 9.59 Å². The first-order valence-corrected chi connectivity index (χ1v) is 8.49. The van der Waals surface area contributed by atoms with Gasteiger partial charge in [0.15, 0.2) is 5.65 Å². The van der Waals surface area contributed by atoms with Crippen LogP contribution < -0.4 is 16.6 Å². The lowest BCUT2D eigenvalue weighted by Gasteiger charge is -2.08. The maximum Gasteiger partial charge on any atom is 0.334 e. The van der Waals surface area contributed by atoms with E-state index in [2.05, 4.69) is 27.2 Å². The number of hydrogen-bond donors (Lipinski definition) is 2. The first-order chi connectivity index (χ1) is 12.1. The van der Waals surface area contributed by atoms with Gasteiger partial charge in [0.2, 0.25) is 5.95 Å². The van der Waals surface area contributed by atoms with Crippen molar-refractivity contribution >= 4 is 17.0 Å². The number of rotatable bonds is 6. The molecule has 0 spiro atoms. The summed E-state index contributed by atoms with van der Waals surface area (Å²) in [6.07, 6.45) is 4.39. The summed E-state index contributed by atoms with van der Waals surface area (Å²) in [5, 5.41) is 3.36. The van der Waals surface area contributed by atoms with Gasteiger partial charge in [0.25, 0.3) is 5.56 Å². The second-order valence-corrected chi connectivity index (χ2v) is 5.83. The SMILES string of the molecule is CCCCNc1ncc2c(=O)n(-c3ccc(CC)cc3)c(=O)[nH]c2n1. The highest BCUT2D eigenvalue weighted by Crippen LogP contribution is 2.09. The quantitative estimate of drug-likeness (QED) is 0.672. The molecular formula is C18H21N5O2.